The molecule has 152 valence electrons. The minimum Gasteiger partial charge on any atom is -0.383 e. The summed E-state index contributed by atoms with van der Waals surface area (Å²) < 4.78 is 7.15. The zero-order chi connectivity index (χ0) is 19.9. The van der Waals surface area contributed by atoms with Gasteiger partial charge in [-0.1, -0.05) is 60.7 Å². The van der Waals surface area contributed by atoms with Crippen LogP contribution in [0.4, 0.5) is 0 Å². The number of hydrogen-bond donors (Lipinski definition) is 2. The van der Waals surface area contributed by atoms with Crippen LogP contribution in [0.2, 0.25) is 0 Å². The number of rotatable bonds is 8. The van der Waals surface area contributed by atoms with Crippen molar-refractivity contribution >= 4 is 0 Å². The van der Waals surface area contributed by atoms with E-state index in [1.165, 1.54) is 16.0 Å². The first-order valence-electron chi connectivity index (χ1n) is 10.4. The summed E-state index contributed by atoms with van der Waals surface area (Å²) >= 11 is 0. The monoisotopic (exact) mass is 394 g/mol. The van der Waals surface area contributed by atoms with E-state index in [-0.39, 0.29) is 6.04 Å². The Labute approximate surface area is 171 Å². The molecule has 29 heavy (non-hydrogen) atoms. The molecule has 4 rings (SSSR count). The van der Waals surface area contributed by atoms with Gasteiger partial charge in [0.2, 0.25) is 5.82 Å². The van der Waals surface area contributed by atoms with Crippen LogP contribution in [0.5, 0.6) is 0 Å². The lowest BCUT2D eigenvalue weighted by atomic mass is 10.0. The largest absolute Gasteiger partial charge is 0.383 e. The third kappa shape index (κ3) is 4.87. The highest BCUT2D eigenvalue weighted by atomic mass is 16.5. The van der Waals surface area contributed by atoms with E-state index in [0.29, 0.717) is 13.2 Å². The minimum atomic E-state index is 0.140. The molecule has 2 N–H and O–H groups in total. The lowest BCUT2D eigenvalue weighted by Crippen LogP contribution is -3.27. The second-order valence-electron chi connectivity index (χ2n) is 7.67. The Bertz CT molecular complexity index is 861. The van der Waals surface area contributed by atoms with Crippen molar-refractivity contribution in [2.75, 3.05) is 39.9 Å². The fourth-order valence-corrected chi connectivity index (χ4v) is 4.24. The number of hydrogen-bond acceptors (Lipinski definition) is 4. The molecular weight excluding hydrogens is 364 g/mol. The van der Waals surface area contributed by atoms with Crippen molar-refractivity contribution < 1.29 is 14.5 Å². The van der Waals surface area contributed by atoms with Gasteiger partial charge in [0.15, 0.2) is 6.04 Å². The number of nitrogens with zero attached hydrogens (tertiary/aromatic N) is 4. The Morgan fingerprint density at radius 3 is 2.34 bits per heavy atom. The normalized spacial score (nSPS) is 20.4. The van der Waals surface area contributed by atoms with Gasteiger partial charge in [-0.2, -0.15) is 0 Å². The highest BCUT2D eigenvalue weighted by Gasteiger charge is 2.35. The summed E-state index contributed by atoms with van der Waals surface area (Å²) in [4.78, 5) is 3.17. The Morgan fingerprint density at radius 1 is 0.966 bits per heavy atom. The Kier molecular flexibility index (Phi) is 6.61. The fraction of sp³-hybridized carbons (Fsp3) is 0.409. The van der Waals surface area contributed by atoms with E-state index in [2.05, 4.69) is 76.2 Å². The standard InChI is InChI=1S/C22H28N6O/c1-29-17-16-28-22(23-24-25-28)21(20-10-6-3-7-11-20)27-14-12-26(13-15-27)18-19-8-4-2-5-9-19/h2-11,21H,12-18H2,1H3/p+2/t21-/m0/s1. The molecule has 0 unspecified atom stereocenters. The molecule has 0 saturated carbocycles. The van der Waals surface area contributed by atoms with E-state index >= 15 is 0 Å². The van der Waals surface area contributed by atoms with Crippen LogP contribution in [0.1, 0.15) is 23.0 Å². The average molecular weight is 395 g/mol. The number of nitrogens with one attached hydrogen (secondary N) is 2. The van der Waals surface area contributed by atoms with Crippen LogP contribution in [0, 0.1) is 0 Å². The number of benzene rings is 2. The zero-order valence-electron chi connectivity index (χ0n) is 17.0. The van der Waals surface area contributed by atoms with Crippen LogP contribution < -0.4 is 9.80 Å². The van der Waals surface area contributed by atoms with Gasteiger partial charge >= 0.3 is 0 Å². The van der Waals surface area contributed by atoms with Crippen LogP contribution in [-0.4, -0.2) is 60.1 Å². The maximum atomic E-state index is 5.25. The highest BCUT2D eigenvalue weighted by Crippen LogP contribution is 2.16. The molecule has 0 amide bonds. The molecule has 0 radical (unpaired) electrons. The molecule has 3 aromatic rings. The predicted octanol–water partition coefficient (Wildman–Crippen LogP) is -0.607. The van der Waals surface area contributed by atoms with Gasteiger partial charge in [-0.05, 0) is 10.4 Å². The molecule has 7 heteroatoms. The Balaban J connectivity index is 1.50. The molecule has 7 nitrogen and oxygen atoms in total. The highest BCUT2D eigenvalue weighted by molar-refractivity contribution is 5.22. The van der Waals surface area contributed by atoms with E-state index in [4.69, 9.17) is 4.74 Å². The van der Waals surface area contributed by atoms with E-state index in [1.807, 2.05) is 4.68 Å². The van der Waals surface area contributed by atoms with E-state index < -0.39 is 0 Å². The summed E-state index contributed by atoms with van der Waals surface area (Å²) in [6.07, 6.45) is 0. The lowest BCUT2D eigenvalue weighted by molar-refractivity contribution is -1.03. The van der Waals surface area contributed by atoms with Gasteiger partial charge in [0.25, 0.3) is 0 Å². The topological polar surface area (TPSA) is 61.7 Å². The van der Waals surface area contributed by atoms with Crippen LogP contribution in [0.25, 0.3) is 0 Å². The molecule has 0 bridgehead atoms. The molecule has 1 saturated heterocycles. The number of tetrazole rings is 1. The average Bonchev–Trinajstić information content (AvgIpc) is 3.23. The molecule has 0 spiro atoms. The minimum absolute atomic E-state index is 0.140. The van der Waals surface area contributed by atoms with Crippen molar-refractivity contribution in [3.8, 4) is 0 Å². The molecule has 0 aliphatic carbocycles. The summed E-state index contributed by atoms with van der Waals surface area (Å²) in [6, 6.07) is 21.6. The van der Waals surface area contributed by atoms with E-state index in [0.717, 1.165) is 38.5 Å². The summed E-state index contributed by atoms with van der Waals surface area (Å²) in [5.41, 5.74) is 2.68. The number of piperazine rings is 1. The van der Waals surface area contributed by atoms with Gasteiger partial charge in [-0.25, -0.2) is 4.68 Å². The predicted molar refractivity (Wildman–Crippen MR) is 110 cm³/mol. The van der Waals surface area contributed by atoms with Crippen LogP contribution in [0.15, 0.2) is 60.7 Å². The summed E-state index contributed by atoms with van der Waals surface area (Å²) in [5.74, 6) is 0.926. The van der Waals surface area contributed by atoms with Gasteiger partial charge in [-0.15, -0.1) is 5.10 Å². The smallest absolute Gasteiger partial charge is 0.214 e. The summed E-state index contributed by atoms with van der Waals surface area (Å²) in [7, 11) is 1.71. The SMILES string of the molecule is COCCn1nnnc1[C@H](c1ccccc1)[NH+]1CC[NH+](Cc2ccccc2)CC1. The number of quaternary nitrogens is 2. The Hall–Kier alpha value is -2.61. The number of ether oxygens (including phenoxy) is 1. The maximum Gasteiger partial charge on any atom is 0.214 e. The van der Waals surface area contributed by atoms with Crippen molar-refractivity contribution in [2.45, 2.75) is 19.1 Å². The van der Waals surface area contributed by atoms with Gasteiger partial charge in [0, 0.05) is 18.2 Å². The van der Waals surface area contributed by atoms with Crippen molar-refractivity contribution in [2.24, 2.45) is 0 Å². The Morgan fingerprint density at radius 2 is 1.66 bits per heavy atom. The molecule has 1 aliphatic heterocycles. The fourth-order valence-electron chi connectivity index (χ4n) is 4.24. The number of aromatic nitrogens is 4. The van der Waals surface area contributed by atoms with Crippen molar-refractivity contribution in [1.29, 1.82) is 0 Å². The molecule has 1 fully saturated rings. The third-order valence-electron chi connectivity index (χ3n) is 5.76. The van der Waals surface area contributed by atoms with Crippen LogP contribution >= 0.6 is 0 Å². The number of methoxy groups -OCH3 is 1. The third-order valence-corrected chi connectivity index (χ3v) is 5.76. The van der Waals surface area contributed by atoms with Gasteiger partial charge in [-0.3, -0.25) is 0 Å². The quantitative estimate of drug-likeness (QED) is 0.535. The molecule has 2 aromatic carbocycles. The van der Waals surface area contributed by atoms with Gasteiger partial charge < -0.3 is 14.5 Å². The van der Waals surface area contributed by atoms with E-state index in [9.17, 15) is 0 Å². The molecule has 1 aliphatic rings. The molecular formula is C22H30N6O+2. The first kappa shape index (κ1) is 19.7. The first-order valence-corrected chi connectivity index (χ1v) is 10.4. The van der Waals surface area contributed by atoms with Gasteiger partial charge in [0.1, 0.15) is 32.7 Å². The maximum absolute atomic E-state index is 5.25. The van der Waals surface area contributed by atoms with Crippen molar-refractivity contribution in [3.05, 3.63) is 77.6 Å². The van der Waals surface area contributed by atoms with Gasteiger partial charge in [0.05, 0.1) is 13.2 Å². The van der Waals surface area contributed by atoms with Crippen molar-refractivity contribution in [3.63, 3.8) is 0 Å². The first-order chi connectivity index (χ1) is 14.3. The summed E-state index contributed by atoms with van der Waals surface area (Å²) in [5, 5.41) is 12.6. The summed E-state index contributed by atoms with van der Waals surface area (Å²) in [6.45, 7) is 6.85. The van der Waals surface area contributed by atoms with Crippen LogP contribution in [0.3, 0.4) is 0 Å². The van der Waals surface area contributed by atoms with Crippen LogP contribution in [-0.2, 0) is 17.8 Å². The zero-order valence-corrected chi connectivity index (χ0v) is 17.0. The lowest BCUT2D eigenvalue weighted by Gasteiger charge is -2.34. The second-order valence-corrected chi connectivity index (χ2v) is 7.67. The molecule has 2 heterocycles. The van der Waals surface area contributed by atoms with E-state index in [1.54, 1.807) is 12.0 Å². The van der Waals surface area contributed by atoms with Crippen molar-refractivity contribution in [1.82, 2.24) is 20.2 Å². The second kappa shape index (κ2) is 9.73. The molecule has 1 atom stereocenters. The molecule has 1 aromatic heterocycles.